The second-order valence-electron chi connectivity index (χ2n) is 10.0. The van der Waals surface area contributed by atoms with Gasteiger partial charge in [0, 0.05) is 23.7 Å². The van der Waals surface area contributed by atoms with Crippen LogP contribution in [-0.2, 0) is 14.6 Å². The van der Waals surface area contributed by atoms with Crippen LogP contribution >= 0.6 is 11.6 Å². The highest BCUT2D eigenvalue weighted by Gasteiger charge is 2.39. The van der Waals surface area contributed by atoms with Crippen molar-refractivity contribution < 1.29 is 22.1 Å². The predicted molar refractivity (Wildman–Crippen MR) is 142 cm³/mol. The lowest BCUT2D eigenvalue weighted by Gasteiger charge is -2.30. The van der Waals surface area contributed by atoms with Gasteiger partial charge in [-0.3, -0.25) is 4.79 Å². The highest BCUT2D eigenvalue weighted by Crippen LogP contribution is 2.42. The van der Waals surface area contributed by atoms with Crippen LogP contribution in [0, 0.1) is 19.7 Å². The average Bonchev–Trinajstić information content (AvgIpc) is 3.55. The molecule has 8 nitrogen and oxygen atoms in total. The van der Waals surface area contributed by atoms with Gasteiger partial charge in [-0.1, -0.05) is 22.8 Å². The number of rotatable bonds is 4. The summed E-state index contributed by atoms with van der Waals surface area (Å²) in [6, 6.07) is 9.74. The Bertz CT molecular complexity index is 1660. The second-order valence-corrected chi connectivity index (χ2v) is 12.8. The molecule has 11 heteroatoms. The van der Waals surface area contributed by atoms with Gasteiger partial charge < -0.3 is 14.0 Å². The Morgan fingerprint density at radius 3 is 2.53 bits per heavy atom. The zero-order valence-electron chi connectivity index (χ0n) is 20.9. The van der Waals surface area contributed by atoms with Gasteiger partial charge in [-0.05, 0) is 69.0 Å². The fourth-order valence-electron chi connectivity index (χ4n) is 5.81. The normalized spacial score (nSPS) is 20.1. The number of sulfone groups is 1. The first-order valence-corrected chi connectivity index (χ1v) is 14.8. The lowest BCUT2D eigenvalue weighted by molar-refractivity contribution is -0.117. The van der Waals surface area contributed by atoms with Gasteiger partial charge in [-0.15, -0.1) is 0 Å². The zero-order chi connectivity index (χ0) is 26.8. The predicted octanol–water partition coefficient (Wildman–Crippen LogP) is 5.72. The molecule has 4 aromatic rings. The number of nitrogens with zero attached hydrogens (tertiary/aromatic N) is 4. The van der Waals surface area contributed by atoms with E-state index in [9.17, 15) is 17.6 Å². The summed E-state index contributed by atoms with van der Waals surface area (Å²) in [5.74, 6) is 0.954. The van der Waals surface area contributed by atoms with Crippen LogP contribution in [-0.4, -0.2) is 40.5 Å². The number of hydrogen-bond acceptors (Lipinski definition) is 6. The number of aromatic nitrogens is 3. The van der Waals surface area contributed by atoms with Crippen molar-refractivity contribution in [2.24, 2.45) is 0 Å². The molecule has 0 unspecified atom stereocenters. The van der Waals surface area contributed by atoms with E-state index in [4.69, 9.17) is 21.1 Å². The summed E-state index contributed by atoms with van der Waals surface area (Å²) >= 11 is 6.07. The standard InChI is InChI=1S/C27H26ClFN4O4S/c1-15-26(16(2)37-31-15)17-3-6-23-22(13-17)30-27(33(23)18-9-11-38(35,36)12-10-18)24-7-8-25(34)32(24)19-4-5-21(29)20(28)14-19/h3-6,13-14,18,24H,7-12H2,1-2H3/t24-/m0/s1. The number of anilines is 1. The molecule has 0 saturated carbocycles. The Labute approximate surface area is 224 Å². The molecule has 0 aliphatic carbocycles. The molecule has 38 heavy (non-hydrogen) atoms. The van der Waals surface area contributed by atoms with Gasteiger partial charge in [0.1, 0.15) is 27.2 Å². The van der Waals surface area contributed by atoms with E-state index in [1.54, 1.807) is 11.0 Å². The Morgan fingerprint density at radius 2 is 1.84 bits per heavy atom. The number of carbonyl (C=O) groups is 1. The van der Waals surface area contributed by atoms with Crippen LogP contribution in [0.4, 0.5) is 10.1 Å². The highest BCUT2D eigenvalue weighted by atomic mass is 35.5. The molecule has 0 spiro atoms. The van der Waals surface area contributed by atoms with Crippen molar-refractivity contribution in [3.05, 3.63) is 64.5 Å². The van der Waals surface area contributed by atoms with Crippen molar-refractivity contribution in [3.63, 3.8) is 0 Å². The van der Waals surface area contributed by atoms with Gasteiger partial charge in [0.05, 0.1) is 39.3 Å². The molecule has 2 aliphatic rings. The highest BCUT2D eigenvalue weighted by molar-refractivity contribution is 7.91. The monoisotopic (exact) mass is 556 g/mol. The van der Waals surface area contributed by atoms with Crippen LogP contribution in [0.2, 0.25) is 5.02 Å². The molecule has 2 aromatic carbocycles. The summed E-state index contributed by atoms with van der Waals surface area (Å²) in [5, 5.41) is 4.01. The van der Waals surface area contributed by atoms with E-state index in [1.165, 1.54) is 12.1 Å². The van der Waals surface area contributed by atoms with Crippen molar-refractivity contribution in [2.45, 2.75) is 51.6 Å². The van der Waals surface area contributed by atoms with Gasteiger partial charge in [-0.25, -0.2) is 17.8 Å². The first-order valence-electron chi connectivity index (χ1n) is 12.6. The second kappa shape index (κ2) is 9.20. The van der Waals surface area contributed by atoms with E-state index in [1.807, 2.05) is 32.0 Å². The molecule has 0 radical (unpaired) electrons. The number of carbonyl (C=O) groups excluding carboxylic acids is 1. The Balaban J connectivity index is 1.51. The molecule has 4 heterocycles. The van der Waals surface area contributed by atoms with Gasteiger partial charge >= 0.3 is 0 Å². The maximum atomic E-state index is 13.9. The van der Waals surface area contributed by atoms with E-state index >= 15 is 0 Å². The van der Waals surface area contributed by atoms with Crippen LogP contribution in [0.5, 0.6) is 0 Å². The lowest BCUT2D eigenvalue weighted by Crippen LogP contribution is -2.31. The van der Waals surface area contributed by atoms with Gasteiger partial charge in [0.2, 0.25) is 5.91 Å². The third kappa shape index (κ3) is 4.19. The van der Waals surface area contributed by atoms with E-state index in [2.05, 4.69) is 9.72 Å². The molecular weight excluding hydrogens is 531 g/mol. The van der Waals surface area contributed by atoms with E-state index in [-0.39, 0.29) is 28.5 Å². The molecule has 198 valence electrons. The topological polar surface area (TPSA) is 98.3 Å². The van der Waals surface area contributed by atoms with Crippen LogP contribution in [0.3, 0.4) is 0 Å². The van der Waals surface area contributed by atoms with E-state index in [0.29, 0.717) is 43.0 Å². The molecule has 6 rings (SSSR count). The van der Waals surface area contributed by atoms with Gasteiger partial charge in [-0.2, -0.15) is 0 Å². The molecule has 2 aromatic heterocycles. The number of benzene rings is 2. The molecule has 1 atom stereocenters. The number of fused-ring (bicyclic) bond motifs is 1. The molecule has 0 bridgehead atoms. The number of halogens is 2. The lowest BCUT2D eigenvalue weighted by atomic mass is 10.0. The zero-order valence-corrected chi connectivity index (χ0v) is 22.5. The van der Waals surface area contributed by atoms with E-state index in [0.717, 1.165) is 27.9 Å². The van der Waals surface area contributed by atoms with Crippen LogP contribution in [0.1, 0.15) is 55.0 Å². The summed E-state index contributed by atoms with van der Waals surface area (Å²) in [7, 11) is -3.07. The van der Waals surface area contributed by atoms with Crippen molar-refractivity contribution in [1.29, 1.82) is 0 Å². The Hall–Kier alpha value is -3.24. The Morgan fingerprint density at radius 1 is 1.08 bits per heavy atom. The maximum absolute atomic E-state index is 13.9. The number of amides is 1. The summed E-state index contributed by atoms with van der Waals surface area (Å²) in [4.78, 5) is 19.8. The minimum Gasteiger partial charge on any atom is -0.361 e. The largest absolute Gasteiger partial charge is 0.361 e. The minimum atomic E-state index is -3.07. The number of imidazole rings is 1. The van der Waals surface area contributed by atoms with Crippen LogP contribution in [0.15, 0.2) is 40.9 Å². The van der Waals surface area contributed by atoms with Crippen molar-refractivity contribution in [3.8, 4) is 11.1 Å². The molecule has 1 amide bonds. The number of aryl methyl sites for hydroxylation is 2. The third-order valence-electron chi connectivity index (χ3n) is 7.62. The maximum Gasteiger partial charge on any atom is 0.227 e. The number of hydrogen-bond donors (Lipinski definition) is 0. The summed E-state index contributed by atoms with van der Waals surface area (Å²) < 4.78 is 45.8. The molecule has 2 saturated heterocycles. The SMILES string of the molecule is Cc1noc(C)c1-c1ccc2c(c1)nc([C@@H]1CCC(=O)N1c1ccc(F)c(Cl)c1)n2C1CCS(=O)(=O)CC1. The fraction of sp³-hybridized carbons (Fsp3) is 0.370. The smallest absolute Gasteiger partial charge is 0.227 e. The first kappa shape index (κ1) is 25.1. The molecule has 2 fully saturated rings. The summed E-state index contributed by atoms with van der Waals surface area (Å²) in [6.45, 7) is 3.75. The van der Waals surface area contributed by atoms with E-state index < -0.39 is 21.7 Å². The first-order chi connectivity index (χ1) is 18.1. The fourth-order valence-corrected chi connectivity index (χ4v) is 7.45. The third-order valence-corrected chi connectivity index (χ3v) is 9.62. The van der Waals surface area contributed by atoms with Crippen LogP contribution in [0.25, 0.3) is 22.2 Å². The minimum absolute atomic E-state index is 0.0592. The summed E-state index contributed by atoms with van der Waals surface area (Å²) in [6.07, 6.45) is 1.77. The summed E-state index contributed by atoms with van der Waals surface area (Å²) in [5.41, 5.74) is 4.72. The molecule has 0 N–H and O–H groups in total. The van der Waals surface area contributed by atoms with Crippen molar-refractivity contribution in [2.75, 3.05) is 16.4 Å². The molecule has 2 aliphatic heterocycles. The Kier molecular flexibility index (Phi) is 6.07. The average molecular weight is 557 g/mol. The van der Waals surface area contributed by atoms with Crippen LogP contribution < -0.4 is 4.90 Å². The van der Waals surface area contributed by atoms with Gasteiger partial charge in [0.15, 0.2) is 0 Å². The molecular formula is C27H26ClFN4O4S. The van der Waals surface area contributed by atoms with Crippen molar-refractivity contribution in [1.82, 2.24) is 14.7 Å². The van der Waals surface area contributed by atoms with Gasteiger partial charge in [0.25, 0.3) is 0 Å². The van der Waals surface area contributed by atoms with Crippen molar-refractivity contribution >= 4 is 44.1 Å². The quantitative estimate of drug-likeness (QED) is 0.319.